The van der Waals surface area contributed by atoms with Crippen LogP contribution >= 0.6 is 0 Å². The van der Waals surface area contributed by atoms with Crippen LogP contribution in [0.25, 0.3) is 0 Å². The molecule has 1 saturated heterocycles. The zero-order valence-electron chi connectivity index (χ0n) is 12.1. The first-order valence-corrected chi connectivity index (χ1v) is 7.03. The van der Waals surface area contributed by atoms with Crippen molar-refractivity contribution >= 4 is 0 Å². The van der Waals surface area contributed by atoms with Gasteiger partial charge in [0.15, 0.2) is 0 Å². The number of hydrogen-bond donors (Lipinski definition) is 1. The number of likely N-dealkylation sites (N-methyl/N-ethyl adjacent to an activating group) is 1. The molecule has 2 heterocycles. The van der Waals surface area contributed by atoms with Gasteiger partial charge in [0.1, 0.15) is 5.82 Å². The Morgan fingerprint density at radius 3 is 2.83 bits per heavy atom. The van der Waals surface area contributed by atoms with Crippen LogP contribution in [0, 0.1) is 0 Å². The quantitative estimate of drug-likeness (QED) is 0.867. The Balaban J connectivity index is 2.18. The van der Waals surface area contributed by atoms with Crippen molar-refractivity contribution in [1.29, 1.82) is 0 Å². The second-order valence-corrected chi connectivity index (χ2v) is 5.82. The van der Waals surface area contributed by atoms with Gasteiger partial charge in [-0.1, -0.05) is 13.8 Å². The fraction of sp³-hybridized carbons (Fsp3) is 0.786. The normalized spacial score (nSPS) is 20.2. The van der Waals surface area contributed by atoms with Crippen molar-refractivity contribution in [2.24, 2.45) is 0 Å². The van der Waals surface area contributed by atoms with Gasteiger partial charge in [-0.25, -0.2) is 4.98 Å². The molecule has 0 radical (unpaired) electrons. The fourth-order valence-electron chi connectivity index (χ4n) is 2.40. The van der Waals surface area contributed by atoms with Crippen molar-refractivity contribution in [2.45, 2.75) is 45.2 Å². The lowest BCUT2D eigenvalue weighted by Gasteiger charge is -2.15. The summed E-state index contributed by atoms with van der Waals surface area (Å²) in [5.74, 6) is 1.74. The fourth-order valence-corrected chi connectivity index (χ4v) is 2.40. The topological polar surface area (TPSA) is 33.1 Å². The van der Waals surface area contributed by atoms with E-state index in [9.17, 15) is 0 Å². The second kappa shape index (κ2) is 5.85. The molecule has 102 valence electrons. The molecule has 1 aliphatic rings. The molecule has 18 heavy (non-hydrogen) atoms. The molecule has 0 aliphatic carbocycles. The summed E-state index contributed by atoms with van der Waals surface area (Å²) in [6.07, 6.45) is 4.72. The number of nitrogens with zero attached hydrogens (tertiary/aromatic N) is 3. The minimum absolute atomic E-state index is 0.458. The molecule has 1 aromatic heterocycles. The van der Waals surface area contributed by atoms with Crippen LogP contribution in [0.3, 0.4) is 0 Å². The van der Waals surface area contributed by atoms with E-state index in [1.54, 1.807) is 0 Å². The highest BCUT2D eigenvalue weighted by Gasteiger charge is 2.22. The SMILES string of the molecule is CC(C)c1cn(CCN(C)C)c([C@@H]2CCCN2)n1. The van der Waals surface area contributed by atoms with Gasteiger partial charge in [0.25, 0.3) is 0 Å². The van der Waals surface area contributed by atoms with Crippen molar-refractivity contribution in [3.8, 4) is 0 Å². The summed E-state index contributed by atoms with van der Waals surface area (Å²) < 4.78 is 2.35. The van der Waals surface area contributed by atoms with Gasteiger partial charge in [-0.05, 0) is 39.4 Å². The van der Waals surface area contributed by atoms with E-state index in [1.165, 1.54) is 24.4 Å². The van der Waals surface area contributed by atoms with Crippen LogP contribution in [-0.4, -0.2) is 41.6 Å². The van der Waals surface area contributed by atoms with Gasteiger partial charge in [-0.3, -0.25) is 0 Å². The lowest BCUT2D eigenvalue weighted by atomic mass is 10.1. The van der Waals surface area contributed by atoms with E-state index in [4.69, 9.17) is 4.98 Å². The van der Waals surface area contributed by atoms with Crippen molar-refractivity contribution in [3.63, 3.8) is 0 Å². The molecule has 4 nitrogen and oxygen atoms in total. The van der Waals surface area contributed by atoms with Crippen molar-refractivity contribution in [2.75, 3.05) is 27.2 Å². The van der Waals surface area contributed by atoms with Crippen molar-refractivity contribution in [1.82, 2.24) is 19.8 Å². The molecule has 0 spiro atoms. The molecule has 1 aromatic rings. The molecule has 0 saturated carbocycles. The molecule has 0 bridgehead atoms. The van der Waals surface area contributed by atoms with Gasteiger partial charge in [0.05, 0.1) is 11.7 Å². The molecular weight excluding hydrogens is 224 g/mol. The molecule has 0 amide bonds. The Morgan fingerprint density at radius 1 is 1.50 bits per heavy atom. The summed E-state index contributed by atoms with van der Waals surface area (Å²) in [4.78, 5) is 7.07. The third-order valence-electron chi connectivity index (χ3n) is 3.58. The van der Waals surface area contributed by atoms with E-state index >= 15 is 0 Å². The monoisotopic (exact) mass is 250 g/mol. The van der Waals surface area contributed by atoms with Crippen LogP contribution in [0.2, 0.25) is 0 Å². The van der Waals surface area contributed by atoms with Gasteiger partial charge in [-0.15, -0.1) is 0 Å². The van der Waals surface area contributed by atoms with Crippen LogP contribution in [-0.2, 0) is 6.54 Å². The highest BCUT2D eigenvalue weighted by atomic mass is 15.2. The number of aromatic nitrogens is 2. The van der Waals surface area contributed by atoms with Gasteiger partial charge in [-0.2, -0.15) is 0 Å². The van der Waals surface area contributed by atoms with Crippen LogP contribution < -0.4 is 5.32 Å². The molecule has 1 atom stereocenters. The average Bonchev–Trinajstić information content (AvgIpc) is 2.95. The predicted octanol–water partition coefficient (Wildman–Crippen LogP) is 1.99. The van der Waals surface area contributed by atoms with E-state index in [0.29, 0.717) is 12.0 Å². The smallest absolute Gasteiger partial charge is 0.126 e. The first-order valence-electron chi connectivity index (χ1n) is 7.03. The first kappa shape index (κ1) is 13.6. The molecule has 4 heteroatoms. The average molecular weight is 250 g/mol. The second-order valence-electron chi connectivity index (χ2n) is 5.82. The molecule has 1 aliphatic heterocycles. The van der Waals surface area contributed by atoms with Gasteiger partial charge in [0, 0.05) is 19.3 Å². The number of rotatable bonds is 5. The lowest BCUT2D eigenvalue weighted by Crippen LogP contribution is -2.22. The Morgan fingerprint density at radius 2 is 2.28 bits per heavy atom. The Labute approximate surface area is 110 Å². The van der Waals surface area contributed by atoms with E-state index in [-0.39, 0.29) is 0 Å². The van der Waals surface area contributed by atoms with Crippen molar-refractivity contribution in [3.05, 3.63) is 17.7 Å². The van der Waals surface area contributed by atoms with Gasteiger partial charge >= 0.3 is 0 Å². The first-order chi connectivity index (χ1) is 8.58. The van der Waals surface area contributed by atoms with Crippen molar-refractivity contribution < 1.29 is 0 Å². The molecule has 0 aromatic carbocycles. The minimum atomic E-state index is 0.458. The predicted molar refractivity (Wildman–Crippen MR) is 74.8 cm³/mol. The third-order valence-corrected chi connectivity index (χ3v) is 3.58. The number of imidazole rings is 1. The maximum absolute atomic E-state index is 4.85. The number of hydrogen-bond acceptors (Lipinski definition) is 3. The Bertz CT molecular complexity index is 375. The Kier molecular flexibility index (Phi) is 4.40. The zero-order valence-corrected chi connectivity index (χ0v) is 12.1. The van der Waals surface area contributed by atoms with Crippen LogP contribution in [0.4, 0.5) is 0 Å². The molecule has 1 N–H and O–H groups in total. The lowest BCUT2D eigenvalue weighted by molar-refractivity contribution is 0.376. The summed E-state index contributed by atoms with van der Waals surface area (Å²) in [6, 6.07) is 0.458. The zero-order chi connectivity index (χ0) is 13.1. The summed E-state index contributed by atoms with van der Waals surface area (Å²) in [5.41, 5.74) is 1.22. The highest BCUT2D eigenvalue weighted by Crippen LogP contribution is 2.24. The van der Waals surface area contributed by atoms with Crippen LogP contribution in [0.1, 0.15) is 50.2 Å². The molecule has 0 unspecified atom stereocenters. The largest absolute Gasteiger partial charge is 0.332 e. The van der Waals surface area contributed by atoms with E-state index < -0.39 is 0 Å². The standard InChI is InChI=1S/C14H26N4/c1-11(2)13-10-18(9-8-17(3)4)14(16-13)12-6-5-7-15-12/h10-12,15H,5-9H2,1-4H3/t12-/m0/s1. The molecule has 1 fully saturated rings. The summed E-state index contributed by atoms with van der Waals surface area (Å²) in [5, 5.41) is 3.56. The van der Waals surface area contributed by atoms with E-state index in [2.05, 4.69) is 48.9 Å². The van der Waals surface area contributed by atoms with Crippen LogP contribution in [0.5, 0.6) is 0 Å². The maximum Gasteiger partial charge on any atom is 0.126 e. The minimum Gasteiger partial charge on any atom is -0.332 e. The third kappa shape index (κ3) is 3.12. The summed E-state index contributed by atoms with van der Waals surface area (Å²) in [7, 11) is 4.24. The van der Waals surface area contributed by atoms with Crippen LogP contribution in [0.15, 0.2) is 6.20 Å². The van der Waals surface area contributed by atoms with Gasteiger partial charge in [0.2, 0.25) is 0 Å². The Hall–Kier alpha value is -0.870. The molecule has 2 rings (SSSR count). The van der Waals surface area contributed by atoms with E-state index in [0.717, 1.165) is 19.6 Å². The van der Waals surface area contributed by atoms with E-state index in [1.807, 2.05) is 0 Å². The summed E-state index contributed by atoms with van der Waals surface area (Å²) in [6.45, 7) is 7.64. The van der Waals surface area contributed by atoms with Gasteiger partial charge < -0.3 is 14.8 Å². The highest BCUT2D eigenvalue weighted by molar-refractivity contribution is 5.12. The number of nitrogens with one attached hydrogen (secondary N) is 1. The maximum atomic E-state index is 4.85. The summed E-state index contributed by atoms with van der Waals surface area (Å²) >= 11 is 0. The molecular formula is C14H26N4.